The molecule has 3 rings (SSSR count). The van der Waals surface area contributed by atoms with Gasteiger partial charge in [-0.1, -0.05) is 18.2 Å². The molecule has 4 nitrogen and oxygen atoms in total. The molecule has 23 heavy (non-hydrogen) atoms. The Labute approximate surface area is 138 Å². The molecule has 1 saturated heterocycles. The van der Waals surface area contributed by atoms with Gasteiger partial charge in [0, 0.05) is 25.9 Å². The zero-order valence-corrected chi connectivity index (χ0v) is 14.1. The minimum atomic E-state index is -0.439. The molecule has 4 heteroatoms. The Morgan fingerprint density at radius 2 is 1.78 bits per heavy atom. The molecule has 0 aromatic heterocycles. The van der Waals surface area contributed by atoms with Crippen molar-refractivity contribution in [2.24, 2.45) is 5.92 Å². The molecule has 1 N–H and O–H groups in total. The largest absolute Gasteiger partial charge is 0.490 e. The van der Waals surface area contributed by atoms with Crippen molar-refractivity contribution in [3.8, 4) is 5.75 Å². The molecule has 1 heterocycles. The number of piperidine rings is 1. The van der Waals surface area contributed by atoms with Crippen LogP contribution in [-0.2, 0) is 4.79 Å². The molecule has 2 atom stereocenters. The second-order valence-electron chi connectivity index (χ2n) is 6.97. The third-order valence-corrected chi connectivity index (χ3v) is 5.24. The van der Waals surface area contributed by atoms with Gasteiger partial charge in [-0.2, -0.15) is 0 Å². The van der Waals surface area contributed by atoms with Crippen LogP contribution < -0.4 is 4.74 Å². The summed E-state index contributed by atoms with van der Waals surface area (Å²) in [6.45, 7) is 5.61. The summed E-state index contributed by atoms with van der Waals surface area (Å²) in [5.74, 6) is 0.954. The molecule has 0 bridgehead atoms. The van der Waals surface area contributed by atoms with Gasteiger partial charge in [0.15, 0.2) is 0 Å². The second-order valence-corrected chi connectivity index (χ2v) is 6.97. The predicted molar refractivity (Wildman–Crippen MR) is 89.5 cm³/mol. The highest BCUT2D eigenvalue weighted by atomic mass is 16.5. The lowest BCUT2D eigenvalue weighted by Gasteiger charge is -2.34. The Balaban J connectivity index is 1.55. The van der Waals surface area contributed by atoms with Gasteiger partial charge in [-0.15, -0.1) is 0 Å². The maximum absolute atomic E-state index is 12.5. The van der Waals surface area contributed by atoms with E-state index in [0.717, 1.165) is 62.1 Å². The van der Waals surface area contributed by atoms with E-state index in [0.29, 0.717) is 0 Å². The van der Waals surface area contributed by atoms with Crippen molar-refractivity contribution in [2.75, 3.05) is 13.1 Å². The summed E-state index contributed by atoms with van der Waals surface area (Å²) in [7, 11) is 0. The van der Waals surface area contributed by atoms with E-state index >= 15 is 0 Å². The van der Waals surface area contributed by atoms with Crippen LogP contribution in [0.5, 0.6) is 5.75 Å². The highest BCUT2D eigenvalue weighted by Gasteiger charge is 2.35. The number of likely N-dealkylation sites (tertiary alicyclic amines) is 1. The Hall–Kier alpha value is -1.55. The van der Waals surface area contributed by atoms with E-state index in [1.807, 2.05) is 11.0 Å². The van der Waals surface area contributed by atoms with Crippen LogP contribution in [0.1, 0.15) is 43.2 Å². The number of benzene rings is 1. The van der Waals surface area contributed by atoms with Crippen LogP contribution in [0.25, 0.3) is 0 Å². The predicted octanol–water partition coefficient (Wildman–Crippen LogP) is 2.83. The number of nitrogens with zero attached hydrogens (tertiary/aromatic N) is 1. The molecular formula is C19H27NO3. The van der Waals surface area contributed by atoms with Crippen LogP contribution in [0.4, 0.5) is 0 Å². The second kappa shape index (κ2) is 6.91. The van der Waals surface area contributed by atoms with Gasteiger partial charge in [0.05, 0.1) is 12.0 Å². The average Bonchev–Trinajstić information content (AvgIpc) is 2.97. The highest BCUT2D eigenvalue weighted by molar-refractivity contribution is 5.79. The summed E-state index contributed by atoms with van der Waals surface area (Å²) in [4.78, 5) is 14.4. The van der Waals surface area contributed by atoms with Crippen molar-refractivity contribution in [3.63, 3.8) is 0 Å². The van der Waals surface area contributed by atoms with Crippen LogP contribution in [0.3, 0.4) is 0 Å². The van der Waals surface area contributed by atoms with Gasteiger partial charge in [0.25, 0.3) is 0 Å². The minimum Gasteiger partial charge on any atom is -0.490 e. The summed E-state index contributed by atoms with van der Waals surface area (Å²) in [5.41, 5.74) is 2.33. The van der Waals surface area contributed by atoms with E-state index in [9.17, 15) is 9.90 Å². The molecule has 1 saturated carbocycles. The highest BCUT2D eigenvalue weighted by Crippen LogP contribution is 2.30. The number of aliphatic hydroxyl groups is 1. The third kappa shape index (κ3) is 3.52. The van der Waals surface area contributed by atoms with E-state index in [4.69, 9.17) is 4.74 Å². The maximum Gasteiger partial charge on any atom is 0.228 e. The number of rotatable bonds is 3. The fourth-order valence-corrected chi connectivity index (χ4v) is 3.81. The SMILES string of the molecule is Cc1cccc(C)c1OC1CCN(C(=O)C2CCCC2O)CC1. The number of carbonyl (C=O) groups is 1. The van der Waals surface area contributed by atoms with E-state index in [-0.39, 0.29) is 17.9 Å². The minimum absolute atomic E-state index is 0.139. The van der Waals surface area contributed by atoms with Crippen molar-refractivity contribution < 1.29 is 14.6 Å². The molecular weight excluding hydrogens is 290 g/mol. The molecule has 1 amide bonds. The van der Waals surface area contributed by atoms with Crippen LogP contribution in [-0.4, -0.2) is 41.2 Å². The number of amides is 1. The van der Waals surface area contributed by atoms with Crippen molar-refractivity contribution >= 4 is 5.91 Å². The van der Waals surface area contributed by atoms with Crippen molar-refractivity contribution in [2.45, 2.75) is 58.2 Å². The van der Waals surface area contributed by atoms with Crippen LogP contribution in [0.2, 0.25) is 0 Å². The van der Waals surface area contributed by atoms with Gasteiger partial charge >= 0.3 is 0 Å². The first-order chi connectivity index (χ1) is 11.1. The van der Waals surface area contributed by atoms with E-state index < -0.39 is 6.10 Å². The van der Waals surface area contributed by atoms with Gasteiger partial charge in [0.2, 0.25) is 5.91 Å². The zero-order chi connectivity index (χ0) is 16.4. The topological polar surface area (TPSA) is 49.8 Å². The summed E-state index contributed by atoms with van der Waals surface area (Å²) in [6.07, 6.45) is 4.02. The summed E-state index contributed by atoms with van der Waals surface area (Å²) >= 11 is 0. The molecule has 2 aliphatic rings. The maximum atomic E-state index is 12.5. The van der Waals surface area contributed by atoms with Gasteiger partial charge in [-0.3, -0.25) is 4.79 Å². The summed E-state index contributed by atoms with van der Waals surface area (Å²) < 4.78 is 6.20. The Bertz CT molecular complexity index is 543. The first kappa shape index (κ1) is 16.3. The van der Waals surface area contributed by atoms with Gasteiger partial charge in [-0.05, 0) is 44.2 Å². The van der Waals surface area contributed by atoms with Crippen molar-refractivity contribution in [1.82, 2.24) is 4.90 Å². The monoisotopic (exact) mass is 317 g/mol. The van der Waals surface area contributed by atoms with Gasteiger partial charge in [-0.25, -0.2) is 0 Å². The fourth-order valence-electron chi connectivity index (χ4n) is 3.81. The number of carbonyl (C=O) groups excluding carboxylic acids is 1. The fraction of sp³-hybridized carbons (Fsp3) is 0.632. The summed E-state index contributed by atoms with van der Waals surface area (Å²) in [5, 5.41) is 9.93. The number of aryl methyl sites for hydroxylation is 2. The standard InChI is InChI=1S/C19H27NO3/c1-13-5-3-6-14(2)18(13)23-15-9-11-20(12-10-15)19(22)16-7-4-8-17(16)21/h3,5-6,15-17,21H,4,7-12H2,1-2H3. The molecule has 2 unspecified atom stereocenters. The molecule has 1 aliphatic carbocycles. The van der Waals surface area contributed by atoms with Gasteiger partial charge < -0.3 is 14.7 Å². The first-order valence-corrected chi connectivity index (χ1v) is 8.76. The lowest BCUT2D eigenvalue weighted by Crippen LogP contribution is -2.45. The van der Waals surface area contributed by atoms with E-state index in [1.165, 1.54) is 0 Å². The lowest BCUT2D eigenvalue weighted by atomic mass is 10.0. The van der Waals surface area contributed by atoms with Crippen molar-refractivity contribution in [1.29, 1.82) is 0 Å². The molecule has 1 aromatic rings. The Kier molecular flexibility index (Phi) is 4.90. The summed E-state index contributed by atoms with van der Waals surface area (Å²) in [6, 6.07) is 6.19. The molecule has 0 radical (unpaired) electrons. The van der Waals surface area contributed by atoms with Gasteiger partial charge in [0.1, 0.15) is 11.9 Å². The third-order valence-electron chi connectivity index (χ3n) is 5.24. The molecule has 126 valence electrons. The van der Waals surface area contributed by atoms with Crippen molar-refractivity contribution in [3.05, 3.63) is 29.3 Å². The molecule has 2 fully saturated rings. The Morgan fingerprint density at radius 1 is 1.13 bits per heavy atom. The quantitative estimate of drug-likeness (QED) is 0.932. The Morgan fingerprint density at radius 3 is 2.35 bits per heavy atom. The first-order valence-electron chi connectivity index (χ1n) is 8.76. The molecule has 0 spiro atoms. The zero-order valence-electron chi connectivity index (χ0n) is 14.1. The lowest BCUT2D eigenvalue weighted by molar-refractivity contribution is -0.140. The molecule has 1 aliphatic heterocycles. The number of para-hydroxylation sites is 1. The van der Waals surface area contributed by atoms with Crippen LogP contribution in [0.15, 0.2) is 18.2 Å². The van der Waals surface area contributed by atoms with E-state index in [1.54, 1.807) is 0 Å². The smallest absolute Gasteiger partial charge is 0.228 e. The van der Waals surface area contributed by atoms with Crippen LogP contribution in [0, 0.1) is 19.8 Å². The molecule has 1 aromatic carbocycles. The van der Waals surface area contributed by atoms with E-state index in [2.05, 4.69) is 26.0 Å². The number of hydrogen-bond donors (Lipinski definition) is 1. The number of aliphatic hydroxyl groups excluding tert-OH is 1. The average molecular weight is 317 g/mol. The van der Waals surface area contributed by atoms with Crippen LogP contribution >= 0.6 is 0 Å². The number of hydrogen-bond acceptors (Lipinski definition) is 3. The number of ether oxygens (including phenoxy) is 1. The normalized spacial score (nSPS) is 25.6.